The number of fused-ring (bicyclic) bond motifs is 1. The molecule has 1 fully saturated rings. The quantitative estimate of drug-likeness (QED) is 0.423. The van der Waals surface area contributed by atoms with Crippen molar-refractivity contribution in [1.29, 1.82) is 0 Å². The summed E-state index contributed by atoms with van der Waals surface area (Å²) in [6.07, 6.45) is 3.94. The number of ketones is 1. The second-order valence-corrected chi connectivity index (χ2v) is 8.27. The van der Waals surface area contributed by atoms with Crippen molar-refractivity contribution in [3.63, 3.8) is 0 Å². The molecular formula is C25H27F2N5O4. The van der Waals surface area contributed by atoms with Crippen LogP contribution in [0.5, 0.6) is 11.5 Å². The van der Waals surface area contributed by atoms with Crippen LogP contribution in [-0.4, -0.2) is 61.3 Å². The van der Waals surface area contributed by atoms with E-state index in [9.17, 15) is 4.79 Å². The molecule has 0 amide bonds. The van der Waals surface area contributed by atoms with E-state index < -0.39 is 11.6 Å². The maximum atomic E-state index is 15.1. The highest BCUT2D eigenvalue weighted by Gasteiger charge is 2.28. The molecule has 36 heavy (non-hydrogen) atoms. The first-order valence-corrected chi connectivity index (χ1v) is 11.4. The molecule has 0 spiro atoms. The minimum Gasteiger partial charge on any atom is -0.494 e. The summed E-state index contributed by atoms with van der Waals surface area (Å²) < 4.78 is 45.8. The summed E-state index contributed by atoms with van der Waals surface area (Å²) in [7, 11) is 4.19. The van der Waals surface area contributed by atoms with Crippen molar-refractivity contribution >= 4 is 28.5 Å². The molecule has 1 aliphatic rings. The molecule has 3 heterocycles. The molecule has 1 saturated heterocycles. The van der Waals surface area contributed by atoms with Gasteiger partial charge in [0.15, 0.2) is 34.7 Å². The number of methoxy groups -OCH3 is 2. The molecule has 3 aromatic rings. The van der Waals surface area contributed by atoms with Crippen LogP contribution in [0, 0.1) is 17.6 Å². The average molecular weight is 500 g/mol. The van der Waals surface area contributed by atoms with E-state index in [1.54, 1.807) is 7.05 Å². The number of rotatable bonds is 9. The molecule has 0 unspecified atom stereocenters. The summed E-state index contributed by atoms with van der Waals surface area (Å²) in [4.78, 5) is 25.3. The third-order valence-corrected chi connectivity index (χ3v) is 6.14. The summed E-state index contributed by atoms with van der Waals surface area (Å²) in [6, 6.07) is 2.47. The largest absolute Gasteiger partial charge is 0.494 e. The predicted molar refractivity (Wildman–Crippen MR) is 131 cm³/mol. The molecule has 2 N–H and O–H groups in total. The molecule has 1 aliphatic heterocycles. The first-order valence-electron chi connectivity index (χ1n) is 11.4. The number of hydrogen-bond acceptors (Lipinski definition) is 9. The first kappa shape index (κ1) is 25.2. The third-order valence-electron chi connectivity index (χ3n) is 6.14. The van der Waals surface area contributed by atoms with Crippen LogP contribution in [0.2, 0.25) is 0 Å². The topological polar surface area (TPSA) is 107 Å². The second-order valence-electron chi connectivity index (χ2n) is 8.27. The lowest BCUT2D eigenvalue weighted by Crippen LogP contribution is -2.40. The summed E-state index contributed by atoms with van der Waals surface area (Å²) in [5.74, 6) is -1.52. The summed E-state index contributed by atoms with van der Waals surface area (Å²) in [5, 5.41) is 6.70. The zero-order valence-corrected chi connectivity index (χ0v) is 20.2. The van der Waals surface area contributed by atoms with E-state index in [1.807, 2.05) is 0 Å². The molecule has 2 aromatic heterocycles. The number of allylic oxidation sites excluding steroid dienone is 1. The highest BCUT2D eigenvalue weighted by Crippen LogP contribution is 2.38. The third kappa shape index (κ3) is 4.92. The van der Waals surface area contributed by atoms with Gasteiger partial charge in [0.05, 0.1) is 38.1 Å². The Balaban J connectivity index is 1.72. The Morgan fingerprint density at radius 3 is 2.58 bits per heavy atom. The maximum absolute atomic E-state index is 15.1. The van der Waals surface area contributed by atoms with Crippen LogP contribution in [0.15, 0.2) is 31.0 Å². The van der Waals surface area contributed by atoms with Crippen molar-refractivity contribution in [1.82, 2.24) is 15.0 Å². The number of hydrogen-bond donors (Lipinski definition) is 2. The maximum Gasteiger partial charge on any atom is 0.223 e. The van der Waals surface area contributed by atoms with Gasteiger partial charge in [0.2, 0.25) is 5.95 Å². The normalized spacial score (nSPS) is 17.5. The number of benzene rings is 1. The van der Waals surface area contributed by atoms with Gasteiger partial charge in [-0.15, -0.1) is 0 Å². The number of ether oxygens (including phenoxy) is 3. The predicted octanol–water partition coefficient (Wildman–Crippen LogP) is 3.99. The summed E-state index contributed by atoms with van der Waals surface area (Å²) in [6.45, 7) is 4.53. The number of halogens is 2. The smallest absolute Gasteiger partial charge is 0.223 e. The van der Waals surface area contributed by atoms with Crippen molar-refractivity contribution in [3.05, 3.63) is 42.6 Å². The summed E-state index contributed by atoms with van der Waals surface area (Å²) >= 11 is 0. The van der Waals surface area contributed by atoms with Crippen LogP contribution < -0.4 is 20.1 Å². The second kappa shape index (κ2) is 10.8. The molecule has 11 heteroatoms. The van der Waals surface area contributed by atoms with Crippen LogP contribution in [0.25, 0.3) is 22.2 Å². The van der Waals surface area contributed by atoms with Crippen molar-refractivity contribution in [3.8, 4) is 22.8 Å². The van der Waals surface area contributed by atoms with Gasteiger partial charge in [-0.1, -0.05) is 6.58 Å². The Morgan fingerprint density at radius 2 is 1.94 bits per heavy atom. The lowest BCUT2D eigenvalue weighted by Gasteiger charge is -2.31. The lowest BCUT2D eigenvalue weighted by molar-refractivity contribution is -0.116. The minimum absolute atomic E-state index is 0.0204. The van der Waals surface area contributed by atoms with Gasteiger partial charge in [0, 0.05) is 37.7 Å². The highest BCUT2D eigenvalue weighted by atomic mass is 19.1. The van der Waals surface area contributed by atoms with Gasteiger partial charge < -0.3 is 24.8 Å². The fourth-order valence-electron chi connectivity index (χ4n) is 4.22. The Kier molecular flexibility index (Phi) is 7.58. The Labute approximate surface area is 206 Å². The van der Waals surface area contributed by atoms with Gasteiger partial charge >= 0.3 is 0 Å². The van der Waals surface area contributed by atoms with E-state index in [0.29, 0.717) is 42.3 Å². The Hall–Kier alpha value is -3.86. The molecular weight excluding hydrogens is 472 g/mol. The molecule has 0 saturated carbocycles. The molecule has 1 aromatic carbocycles. The van der Waals surface area contributed by atoms with Gasteiger partial charge in [0.1, 0.15) is 5.52 Å². The van der Waals surface area contributed by atoms with Gasteiger partial charge in [-0.3, -0.25) is 4.79 Å². The molecule has 9 nitrogen and oxygen atoms in total. The van der Waals surface area contributed by atoms with Crippen molar-refractivity contribution < 1.29 is 27.8 Å². The van der Waals surface area contributed by atoms with Crippen molar-refractivity contribution in [2.24, 2.45) is 5.92 Å². The number of carbonyl (C=O) groups excluding carboxylic acids is 1. The standard InChI is InChI=1S/C25H27F2N5O4/c1-5-15(33)8-13-6-7-36-12-17(13)31-25-29-11-14-9-16(30-24(28-2)23(14)32-25)20-21(26)18(34-3)10-19(35-4)22(20)27/h5,9-11,13,17H,1,6-8,12H2,2-4H3,(H,28,30)(H,29,31,32)/t13-,17-/m1/s1. The molecule has 4 rings (SSSR count). The number of nitrogens with one attached hydrogen (secondary N) is 2. The van der Waals surface area contributed by atoms with Gasteiger partial charge in [-0.2, -0.15) is 0 Å². The van der Waals surface area contributed by atoms with Gasteiger partial charge in [-0.25, -0.2) is 23.7 Å². The molecule has 0 aliphatic carbocycles. The lowest BCUT2D eigenvalue weighted by atomic mass is 9.90. The van der Waals surface area contributed by atoms with E-state index in [1.165, 1.54) is 32.6 Å². The van der Waals surface area contributed by atoms with Crippen molar-refractivity contribution in [2.75, 3.05) is 45.1 Å². The Morgan fingerprint density at radius 1 is 1.22 bits per heavy atom. The molecule has 190 valence electrons. The first-order chi connectivity index (χ1) is 17.4. The van der Waals surface area contributed by atoms with E-state index >= 15 is 8.78 Å². The molecule has 0 bridgehead atoms. The Bertz CT molecular complexity index is 1280. The SMILES string of the molecule is C=CC(=O)C[C@H]1CCOC[C@H]1Nc1ncc2cc(-c3c(F)c(OC)cc(OC)c3F)nc(NC)c2n1. The minimum atomic E-state index is -0.902. The zero-order valence-electron chi connectivity index (χ0n) is 20.2. The van der Waals surface area contributed by atoms with E-state index in [4.69, 9.17) is 14.2 Å². The van der Waals surface area contributed by atoms with Gasteiger partial charge in [-0.05, 0) is 24.5 Å². The summed E-state index contributed by atoms with van der Waals surface area (Å²) in [5.41, 5.74) is 0.0813. The average Bonchev–Trinajstić information content (AvgIpc) is 2.89. The number of anilines is 2. The van der Waals surface area contributed by atoms with Crippen LogP contribution >= 0.6 is 0 Å². The fraction of sp³-hybridized carbons (Fsp3) is 0.360. The number of pyridine rings is 1. The van der Waals surface area contributed by atoms with Crippen LogP contribution in [-0.2, 0) is 9.53 Å². The van der Waals surface area contributed by atoms with E-state index in [-0.39, 0.29) is 40.5 Å². The van der Waals surface area contributed by atoms with Crippen LogP contribution in [0.4, 0.5) is 20.5 Å². The van der Waals surface area contributed by atoms with Crippen LogP contribution in [0.3, 0.4) is 0 Å². The van der Waals surface area contributed by atoms with Gasteiger partial charge in [0.25, 0.3) is 0 Å². The highest BCUT2D eigenvalue weighted by molar-refractivity contribution is 5.92. The van der Waals surface area contributed by atoms with E-state index in [2.05, 4.69) is 32.2 Å². The molecule has 2 atom stereocenters. The van der Waals surface area contributed by atoms with Crippen LogP contribution in [0.1, 0.15) is 12.8 Å². The number of nitrogens with zero attached hydrogens (tertiary/aromatic N) is 3. The molecule has 0 radical (unpaired) electrons. The monoisotopic (exact) mass is 499 g/mol. The van der Waals surface area contributed by atoms with Crippen molar-refractivity contribution in [2.45, 2.75) is 18.9 Å². The fourth-order valence-corrected chi connectivity index (χ4v) is 4.22. The number of aromatic nitrogens is 3. The zero-order chi connectivity index (χ0) is 25.8. The number of carbonyl (C=O) groups is 1. The van der Waals surface area contributed by atoms with E-state index in [0.717, 1.165) is 12.5 Å².